The Kier molecular flexibility index (Phi) is 6.11. The number of aromatic nitrogens is 2. The van der Waals surface area contributed by atoms with Crippen molar-refractivity contribution in [3.63, 3.8) is 0 Å². The maximum absolute atomic E-state index is 12.7. The summed E-state index contributed by atoms with van der Waals surface area (Å²) in [5.74, 6) is 2.12. The average Bonchev–Trinajstić information content (AvgIpc) is 2.71. The van der Waals surface area contributed by atoms with Gasteiger partial charge in [-0.15, -0.1) is 0 Å². The molecule has 3 rings (SSSR count). The second kappa shape index (κ2) is 8.70. The Hall–Kier alpha value is -2.83. The lowest BCUT2D eigenvalue weighted by molar-refractivity contribution is -0.125. The minimum absolute atomic E-state index is 0.0391. The smallest absolute Gasteiger partial charge is 0.225 e. The molecule has 144 valence electrons. The Morgan fingerprint density at radius 3 is 2.89 bits per heavy atom. The van der Waals surface area contributed by atoms with Crippen LogP contribution in [-0.4, -0.2) is 43.2 Å². The number of rotatable bonds is 6. The highest BCUT2D eigenvalue weighted by atomic mass is 16.5. The van der Waals surface area contributed by atoms with Crippen LogP contribution in [0.4, 0.5) is 5.95 Å². The summed E-state index contributed by atoms with van der Waals surface area (Å²) in [4.78, 5) is 23.6. The summed E-state index contributed by atoms with van der Waals surface area (Å²) in [6.07, 6.45) is 3.57. The molecule has 1 aliphatic heterocycles. The van der Waals surface area contributed by atoms with Crippen molar-refractivity contribution in [3.05, 3.63) is 41.7 Å². The van der Waals surface area contributed by atoms with Crippen LogP contribution in [0.25, 0.3) is 0 Å². The van der Waals surface area contributed by atoms with Gasteiger partial charge in [0.05, 0.1) is 20.1 Å². The van der Waals surface area contributed by atoms with Gasteiger partial charge in [0.25, 0.3) is 0 Å². The van der Waals surface area contributed by atoms with E-state index < -0.39 is 0 Å². The number of amides is 1. The lowest BCUT2D eigenvalue weighted by Crippen LogP contribution is -2.43. The van der Waals surface area contributed by atoms with E-state index in [1.54, 1.807) is 20.4 Å². The minimum atomic E-state index is -0.0838. The SMILES string of the molecule is COc1ccc(OC)c(CNC(=O)C2CCCN(c3nccc(C)n3)C2)c1. The van der Waals surface area contributed by atoms with E-state index in [9.17, 15) is 4.79 Å². The molecule has 0 saturated carbocycles. The third-order valence-electron chi connectivity index (χ3n) is 4.80. The maximum atomic E-state index is 12.7. The van der Waals surface area contributed by atoms with Gasteiger partial charge in [-0.1, -0.05) is 0 Å². The first-order chi connectivity index (χ1) is 13.1. The first kappa shape index (κ1) is 18.9. The number of ether oxygens (including phenoxy) is 2. The zero-order valence-corrected chi connectivity index (χ0v) is 16.1. The lowest BCUT2D eigenvalue weighted by Gasteiger charge is -2.32. The second-order valence-corrected chi connectivity index (χ2v) is 6.68. The Balaban J connectivity index is 1.63. The Morgan fingerprint density at radius 1 is 1.30 bits per heavy atom. The molecule has 0 radical (unpaired) electrons. The predicted molar refractivity (Wildman–Crippen MR) is 103 cm³/mol. The summed E-state index contributed by atoms with van der Waals surface area (Å²) in [5.41, 5.74) is 1.82. The molecule has 2 aromatic rings. The molecule has 1 amide bonds. The van der Waals surface area contributed by atoms with Crippen LogP contribution in [0.15, 0.2) is 30.5 Å². The molecule has 1 atom stereocenters. The molecule has 0 spiro atoms. The quantitative estimate of drug-likeness (QED) is 0.841. The Bertz CT molecular complexity index is 797. The molecule has 1 aliphatic rings. The number of anilines is 1. The van der Waals surface area contributed by atoms with Gasteiger partial charge in [0.1, 0.15) is 11.5 Å². The molecule has 1 saturated heterocycles. The van der Waals surface area contributed by atoms with Crippen LogP contribution in [-0.2, 0) is 11.3 Å². The fourth-order valence-corrected chi connectivity index (χ4v) is 3.31. The van der Waals surface area contributed by atoms with Crippen molar-refractivity contribution in [2.75, 3.05) is 32.2 Å². The Labute approximate surface area is 159 Å². The summed E-state index contributed by atoms with van der Waals surface area (Å²) >= 11 is 0. The molecule has 1 aromatic heterocycles. The van der Waals surface area contributed by atoms with Crippen molar-refractivity contribution in [1.82, 2.24) is 15.3 Å². The highest BCUT2D eigenvalue weighted by molar-refractivity contribution is 5.79. The van der Waals surface area contributed by atoms with Crippen LogP contribution in [0.1, 0.15) is 24.1 Å². The third-order valence-corrected chi connectivity index (χ3v) is 4.80. The number of hydrogen-bond acceptors (Lipinski definition) is 6. The summed E-state index contributed by atoms with van der Waals surface area (Å²) in [6.45, 7) is 3.85. The topological polar surface area (TPSA) is 76.6 Å². The number of hydrogen-bond donors (Lipinski definition) is 1. The number of carbonyl (C=O) groups excluding carboxylic acids is 1. The molecule has 1 fully saturated rings. The van der Waals surface area contributed by atoms with Crippen LogP contribution in [0.3, 0.4) is 0 Å². The van der Waals surface area contributed by atoms with Crippen molar-refractivity contribution < 1.29 is 14.3 Å². The van der Waals surface area contributed by atoms with Crippen LogP contribution in [0, 0.1) is 12.8 Å². The van der Waals surface area contributed by atoms with E-state index in [4.69, 9.17) is 9.47 Å². The van der Waals surface area contributed by atoms with Gasteiger partial charge in [-0.25, -0.2) is 9.97 Å². The molecule has 1 unspecified atom stereocenters. The van der Waals surface area contributed by atoms with E-state index in [-0.39, 0.29) is 11.8 Å². The molecule has 1 N–H and O–H groups in total. The van der Waals surface area contributed by atoms with E-state index in [1.807, 2.05) is 31.2 Å². The monoisotopic (exact) mass is 370 g/mol. The summed E-state index contributed by atoms with van der Waals surface area (Å²) in [5, 5.41) is 3.04. The molecule has 0 aliphatic carbocycles. The average molecular weight is 370 g/mol. The van der Waals surface area contributed by atoms with E-state index in [2.05, 4.69) is 20.2 Å². The molecular formula is C20H26N4O3. The number of aryl methyl sites for hydroxylation is 1. The third kappa shape index (κ3) is 4.67. The van der Waals surface area contributed by atoms with Gasteiger partial charge in [0.2, 0.25) is 11.9 Å². The highest BCUT2D eigenvalue weighted by Crippen LogP contribution is 2.25. The number of carbonyl (C=O) groups is 1. The summed E-state index contributed by atoms with van der Waals surface area (Å²) < 4.78 is 10.6. The number of benzene rings is 1. The van der Waals surface area contributed by atoms with Gasteiger partial charge in [0.15, 0.2) is 0 Å². The molecule has 2 heterocycles. The second-order valence-electron chi connectivity index (χ2n) is 6.68. The standard InChI is InChI=1S/C20H26N4O3/c1-14-8-9-21-20(23-14)24-10-4-5-15(13-24)19(25)22-12-16-11-17(26-2)6-7-18(16)27-3/h6-9,11,15H,4-5,10,12-13H2,1-3H3,(H,22,25). The Morgan fingerprint density at radius 2 is 2.15 bits per heavy atom. The molecule has 1 aromatic carbocycles. The molecule has 27 heavy (non-hydrogen) atoms. The van der Waals surface area contributed by atoms with E-state index in [0.29, 0.717) is 19.0 Å². The van der Waals surface area contributed by atoms with Crippen molar-refractivity contribution in [2.24, 2.45) is 5.92 Å². The van der Waals surface area contributed by atoms with Crippen LogP contribution >= 0.6 is 0 Å². The molecule has 7 heteroatoms. The molecule has 0 bridgehead atoms. The van der Waals surface area contributed by atoms with E-state index in [0.717, 1.165) is 42.1 Å². The van der Waals surface area contributed by atoms with Crippen molar-refractivity contribution >= 4 is 11.9 Å². The molecule has 7 nitrogen and oxygen atoms in total. The number of methoxy groups -OCH3 is 2. The van der Waals surface area contributed by atoms with Gasteiger partial charge < -0.3 is 19.7 Å². The fourth-order valence-electron chi connectivity index (χ4n) is 3.31. The van der Waals surface area contributed by atoms with Crippen molar-refractivity contribution in [2.45, 2.75) is 26.3 Å². The predicted octanol–water partition coefficient (Wildman–Crippen LogP) is 2.34. The van der Waals surface area contributed by atoms with Gasteiger partial charge in [-0.2, -0.15) is 0 Å². The van der Waals surface area contributed by atoms with E-state index in [1.165, 1.54) is 0 Å². The number of nitrogens with one attached hydrogen (secondary N) is 1. The zero-order valence-electron chi connectivity index (χ0n) is 16.1. The van der Waals surface area contributed by atoms with Crippen LogP contribution in [0.5, 0.6) is 11.5 Å². The van der Waals surface area contributed by atoms with Crippen LogP contribution in [0.2, 0.25) is 0 Å². The lowest BCUT2D eigenvalue weighted by atomic mass is 9.97. The first-order valence-electron chi connectivity index (χ1n) is 9.14. The number of piperidine rings is 1. The molecular weight excluding hydrogens is 344 g/mol. The highest BCUT2D eigenvalue weighted by Gasteiger charge is 2.27. The minimum Gasteiger partial charge on any atom is -0.497 e. The zero-order chi connectivity index (χ0) is 19.2. The van der Waals surface area contributed by atoms with E-state index >= 15 is 0 Å². The van der Waals surface area contributed by atoms with Crippen molar-refractivity contribution in [1.29, 1.82) is 0 Å². The summed E-state index contributed by atoms with van der Waals surface area (Å²) in [7, 11) is 3.24. The summed E-state index contributed by atoms with van der Waals surface area (Å²) in [6, 6.07) is 7.44. The van der Waals surface area contributed by atoms with Crippen molar-refractivity contribution in [3.8, 4) is 11.5 Å². The van der Waals surface area contributed by atoms with Gasteiger partial charge in [0, 0.05) is 37.1 Å². The van der Waals surface area contributed by atoms with Crippen LogP contribution < -0.4 is 19.7 Å². The van der Waals surface area contributed by atoms with Gasteiger partial charge in [-0.3, -0.25) is 4.79 Å². The van der Waals surface area contributed by atoms with Gasteiger partial charge in [-0.05, 0) is 44.0 Å². The largest absolute Gasteiger partial charge is 0.497 e. The van der Waals surface area contributed by atoms with Gasteiger partial charge >= 0.3 is 0 Å². The first-order valence-corrected chi connectivity index (χ1v) is 9.14. The fraction of sp³-hybridized carbons (Fsp3) is 0.450. The normalized spacial score (nSPS) is 16.7. The number of nitrogens with zero attached hydrogens (tertiary/aromatic N) is 3. The maximum Gasteiger partial charge on any atom is 0.225 e.